The number of carbonyl (C=O) groups is 1. The largest absolute Gasteiger partial charge is 0.384 e. The van der Waals surface area contributed by atoms with Crippen LogP contribution in [0, 0.1) is 0 Å². The number of pyridine rings is 1. The molecule has 110 valence electrons. The second kappa shape index (κ2) is 7.64. The van der Waals surface area contributed by atoms with Crippen molar-refractivity contribution in [1.82, 2.24) is 10.3 Å². The number of aromatic nitrogens is 1. The summed E-state index contributed by atoms with van der Waals surface area (Å²) >= 11 is 5.90. The lowest BCUT2D eigenvalue weighted by Crippen LogP contribution is -2.23. The molecule has 0 aliphatic heterocycles. The third-order valence-corrected chi connectivity index (χ3v) is 3.15. The molecule has 4 nitrogen and oxygen atoms in total. The van der Waals surface area contributed by atoms with Gasteiger partial charge in [0.05, 0.1) is 11.9 Å². The van der Waals surface area contributed by atoms with Crippen molar-refractivity contribution in [3.63, 3.8) is 0 Å². The molecule has 2 aromatic rings. The third-order valence-electron chi connectivity index (χ3n) is 2.92. The molecule has 0 fully saturated rings. The summed E-state index contributed by atoms with van der Waals surface area (Å²) in [6.07, 6.45) is 2.71. The number of nitrogens with one attached hydrogen (secondary N) is 2. The quantitative estimate of drug-likeness (QED) is 0.859. The predicted octanol–water partition coefficient (Wildman–Crippen LogP) is 3.49. The van der Waals surface area contributed by atoms with Gasteiger partial charge in [0.1, 0.15) is 5.69 Å². The lowest BCUT2D eigenvalue weighted by Gasteiger charge is -2.07. The average Bonchev–Trinajstić information content (AvgIpc) is 2.51. The molecule has 2 rings (SSSR count). The molecular weight excluding hydrogens is 286 g/mol. The van der Waals surface area contributed by atoms with E-state index < -0.39 is 0 Å². The van der Waals surface area contributed by atoms with Crippen LogP contribution >= 0.6 is 11.6 Å². The lowest BCUT2D eigenvalue weighted by molar-refractivity contribution is 0.0946. The SMILES string of the molecule is CCCNc1ccc(C(=O)NCc2cccc(Cl)c2)nc1. The van der Waals surface area contributed by atoms with E-state index in [1.54, 1.807) is 18.3 Å². The Morgan fingerprint density at radius 2 is 2.14 bits per heavy atom. The van der Waals surface area contributed by atoms with Crippen LogP contribution in [-0.4, -0.2) is 17.4 Å². The van der Waals surface area contributed by atoms with Gasteiger partial charge in [-0.2, -0.15) is 0 Å². The second-order valence-corrected chi connectivity index (χ2v) is 5.11. The Bertz CT molecular complexity index is 599. The molecule has 21 heavy (non-hydrogen) atoms. The van der Waals surface area contributed by atoms with E-state index in [4.69, 9.17) is 11.6 Å². The van der Waals surface area contributed by atoms with E-state index >= 15 is 0 Å². The summed E-state index contributed by atoms with van der Waals surface area (Å²) < 4.78 is 0. The molecule has 2 N–H and O–H groups in total. The molecule has 0 radical (unpaired) electrons. The van der Waals surface area contributed by atoms with Crippen LogP contribution in [-0.2, 0) is 6.54 Å². The van der Waals surface area contributed by atoms with Crippen molar-refractivity contribution in [3.8, 4) is 0 Å². The maximum atomic E-state index is 12.0. The molecule has 1 heterocycles. The van der Waals surface area contributed by atoms with Gasteiger partial charge < -0.3 is 10.6 Å². The zero-order valence-electron chi connectivity index (χ0n) is 11.9. The van der Waals surface area contributed by atoms with Crippen molar-refractivity contribution in [3.05, 3.63) is 58.9 Å². The van der Waals surface area contributed by atoms with Crippen LogP contribution in [0.3, 0.4) is 0 Å². The molecule has 0 aliphatic rings. The minimum Gasteiger partial charge on any atom is -0.384 e. The summed E-state index contributed by atoms with van der Waals surface area (Å²) in [5.74, 6) is -0.197. The zero-order chi connectivity index (χ0) is 15.1. The number of hydrogen-bond acceptors (Lipinski definition) is 3. The number of nitrogens with zero attached hydrogens (tertiary/aromatic N) is 1. The average molecular weight is 304 g/mol. The van der Waals surface area contributed by atoms with Crippen molar-refractivity contribution in [2.45, 2.75) is 19.9 Å². The van der Waals surface area contributed by atoms with Gasteiger partial charge >= 0.3 is 0 Å². The topological polar surface area (TPSA) is 54.0 Å². The number of hydrogen-bond donors (Lipinski definition) is 2. The molecule has 0 spiro atoms. The summed E-state index contributed by atoms with van der Waals surface area (Å²) in [6.45, 7) is 3.41. The molecule has 1 aromatic heterocycles. The number of benzene rings is 1. The number of anilines is 1. The number of rotatable bonds is 6. The van der Waals surface area contributed by atoms with Gasteiger partial charge in [-0.15, -0.1) is 0 Å². The van der Waals surface area contributed by atoms with Crippen molar-refractivity contribution >= 4 is 23.2 Å². The maximum Gasteiger partial charge on any atom is 0.270 e. The molecular formula is C16H18ClN3O. The minimum atomic E-state index is -0.197. The van der Waals surface area contributed by atoms with Crippen molar-refractivity contribution in [2.75, 3.05) is 11.9 Å². The summed E-state index contributed by atoms with van der Waals surface area (Å²) in [4.78, 5) is 16.2. The Labute approximate surface area is 129 Å². The lowest BCUT2D eigenvalue weighted by atomic mass is 10.2. The highest BCUT2D eigenvalue weighted by atomic mass is 35.5. The van der Waals surface area contributed by atoms with E-state index in [2.05, 4.69) is 22.5 Å². The van der Waals surface area contributed by atoms with E-state index in [1.165, 1.54) is 0 Å². The van der Waals surface area contributed by atoms with Crippen molar-refractivity contribution in [2.24, 2.45) is 0 Å². The molecule has 1 aromatic carbocycles. The summed E-state index contributed by atoms with van der Waals surface area (Å²) in [7, 11) is 0. The van der Waals surface area contributed by atoms with Crippen LogP contribution in [0.2, 0.25) is 5.02 Å². The maximum absolute atomic E-state index is 12.0. The summed E-state index contributed by atoms with van der Waals surface area (Å²) in [5.41, 5.74) is 2.28. The Balaban J connectivity index is 1.91. The fourth-order valence-electron chi connectivity index (χ4n) is 1.82. The number of halogens is 1. The van der Waals surface area contributed by atoms with Crippen LogP contribution in [0.5, 0.6) is 0 Å². The predicted molar refractivity (Wildman–Crippen MR) is 85.6 cm³/mol. The van der Waals surface area contributed by atoms with Gasteiger partial charge in [0.25, 0.3) is 5.91 Å². The van der Waals surface area contributed by atoms with Crippen molar-refractivity contribution in [1.29, 1.82) is 0 Å². The van der Waals surface area contributed by atoms with E-state index in [-0.39, 0.29) is 5.91 Å². The fourth-order valence-corrected chi connectivity index (χ4v) is 2.03. The Morgan fingerprint density at radius 3 is 2.81 bits per heavy atom. The van der Waals surface area contributed by atoms with Gasteiger partial charge in [0, 0.05) is 18.1 Å². The highest BCUT2D eigenvalue weighted by molar-refractivity contribution is 6.30. The summed E-state index contributed by atoms with van der Waals surface area (Å²) in [5, 5.41) is 6.70. The third kappa shape index (κ3) is 4.76. The standard InChI is InChI=1S/C16H18ClN3O/c1-2-8-18-14-6-7-15(19-11-14)16(21)20-10-12-4-3-5-13(17)9-12/h3-7,9,11,18H,2,8,10H2,1H3,(H,20,21). The molecule has 0 saturated carbocycles. The first-order valence-electron chi connectivity index (χ1n) is 6.91. The Hall–Kier alpha value is -2.07. The summed E-state index contributed by atoms with van der Waals surface area (Å²) in [6, 6.07) is 11.0. The van der Waals surface area contributed by atoms with E-state index in [9.17, 15) is 4.79 Å². The fraction of sp³-hybridized carbons (Fsp3) is 0.250. The first kappa shape index (κ1) is 15.3. The van der Waals surface area contributed by atoms with Crippen LogP contribution < -0.4 is 10.6 Å². The smallest absolute Gasteiger partial charge is 0.270 e. The van der Waals surface area contributed by atoms with Crippen LogP contribution in [0.4, 0.5) is 5.69 Å². The molecule has 1 amide bonds. The Kier molecular flexibility index (Phi) is 5.58. The van der Waals surface area contributed by atoms with Gasteiger partial charge in [-0.05, 0) is 36.2 Å². The second-order valence-electron chi connectivity index (χ2n) is 4.67. The molecule has 0 unspecified atom stereocenters. The van der Waals surface area contributed by atoms with Gasteiger partial charge in [-0.3, -0.25) is 4.79 Å². The number of amides is 1. The molecule has 0 atom stereocenters. The first-order chi connectivity index (χ1) is 10.2. The van der Waals surface area contributed by atoms with Crippen molar-refractivity contribution < 1.29 is 4.79 Å². The van der Waals surface area contributed by atoms with E-state index in [0.29, 0.717) is 17.3 Å². The Morgan fingerprint density at radius 1 is 1.29 bits per heavy atom. The molecule has 0 aliphatic carbocycles. The molecule has 0 bridgehead atoms. The monoisotopic (exact) mass is 303 g/mol. The minimum absolute atomic E-state index is 0.197. The van der Waals surface area contributed by atoms with Crippen LogP contribution in [0.25, 0.3) is 0 Å². The van der Waals surface area contributed by atoms with Gasteiger partial charge in [0.2, 0.25) is 0 Å². The van der Waals surface area contributed by atoms with E-state index in [0.717, 1.165) is 24.2 Å². The highest BCUT2D eigenvalue weighted by Crippen LogP contribution is 2.11. The van der Waals surface area contributed by atoms with Crippen LogP contribution in [0.15, 0.2) is 42.6 Å². The molecule has 5 heteroatoms. The van der Waals surface area contributed by atoms with Crippen LogP contribution in [0.1, 0.15) is 29.4 Å². The van der Waals surface area contributed by atoms with E-state index in [1.807, 2.05) is 24.3 Å². The van der Waals surface area contributed by atoms with Gasteiger partial charge in [0.15, 0.2) is 0 Å². The molecule has 0 saturated heterocycles. The zero-order valence-corrected chi connectivity index (χ0v) is 12.7. The van der Waals surface area contributed by atoms with Gasteiger partial charge in [-0.25, -0.2) is 4.98 Å². The first-order valence-corrected chi connectivity index (χ1v) is 7.29. The van der Waals surface area contributed by atoms with Gasteiger partial charge in [-0.1, -0.05) is 30.7 Å². The highest BCUT2D eigenvalue weighted by Gasteiger charge is 2.06. The number of carbonyl (C=O) groups excluding carboxylic acids is 1. The normalized spacial score (nSPS) is 10.2.